The second-order valence-electron chi connectivity index (χ2n) is 2.84. The summed E-state index contributed by atoms with van der Waals surface area (Å²) in [6.45, 7) is 0.637. The average molecular weight is 166 g/mol. The lowest BCUT2D eigenvalue weighted by Gasteiger charge is -2.01. The van der Waals surface area contributed by atoms with Gasteiger partial charge < -0.3 is 10.3 Å². The number of rotatable bonds is 3. The minimum absolute atomic E-state index is 0.0888. The van der Waals surface area contributed by atoms with Gasteiger partial charge in [0.1, 0.15) is 0 Å². The summed E-state index contributed by atoms with van der Waals surface area (Å²) in [5.41, 5.74) is 6.30. The monoisotopic (exact) mass is 166 g/mol. The van der Waals surface area contributed by atoms with E-state index in [0.29, 0.717) is 6.54 Å². The number of hydrogen-bond donors (Lipinski definition) is 1. The normalized spacial score (nSPS) is 10.2. The zero-order valence-electron chi connectivity index (χ0n) is 7.29. The standard InChI is InChI=1S/C9H14N2O/c1-11-7-3-5-8(9(11)12)4-2-6-10/h3,5,7H,2,4,6,10H2,1H3. The molecule has 0 saturated carbocycles. The van der Waals surface area contributed by atoms with Crippen molar-refractivity contribution in [2.45, 2.75) is 12.8 Å². The molecule has 3 nitrogen and oxygen atoms in total. The zero-order chi connectivity index (χ0) is 8.97. The minimum atomic E-state index is 0.0888. The molecule has 0 saturated heterocycles. The summed E-state index contributed by atoms with van der Waals surface area (Å²) in [6.07, 6.45) is 3.41. The van der Waals surface area contributed by atoms with E-state index in [9.17, 15) is 4.79 Å². The van der Waals surface area contributed by atoms with Crippen molar-refractivity contribution in [1.82, 2.24) is 4.57 Å². The molecule has 0 aliphatic heterocycles. The molecule has 1 aromatic heterocycles. The first-order chi connectivity index (χ1) is 5.75. The van der Waals surface area contributed by atoms with Gasteiger partial charge in [0.25, 0.3) is 5.56 Å². The maximum atomic E-state index is 11.4. The fraction of sp³-hybridized carbons (Fsp3) is 0.444. The summed E-state index contributed by atoms with van der Waals surface area (Å²) >= 11 is 0. The smallest absolute Gasteiger partial charge is 0.253 e. The molecule has 0 unspecified atom stereocenters. The number of pyridine rings is 1. The van der Waals surface area contributed by atoms with Gasteiger partial charge in [-0.15, -0.1) is 0 Å². The Morgan fingerprint density at radius 3 is 3.00 bits per heavy atom. The van der Waals surface area contributed by atoms with Gasteiger partial charge in [-0.1, -0.05) is 6.07 Å². The van der Waals surface area contributed by atoms with Gasteiger partial charge in [-0.05, 0) is 25.5 Å². The van der Waals surface area contributed by atoms with Crippen LogP contribution in [0.3, 0.4) is 0 Å². The Bertz CT molecular complexity index is 304. The molecule has 0 aliphatic carbocycles. The van der Waals surface area contributed by atoms with Gasteiger partial charge in [0.15, 0.2) is 0 Å². The van der Waals surface area contributed by atoms with Gasteiger partial charge in [0.05, 0.1) is 0 Å². The topological polar surface area (TPSA) is 48.0 Å². The van der Waals surface area contributed by atoms with Crippen LogP contribution < -0.4 is 11.3 Å². The van der Waals surface area contributed by atoms with E-state index in [4.69, 9.17) is 5.73 Å². The largest absolute Gasteiger partial charge is 0.330 e. The van der Waals surface area contributed by atoms with Crippen LogP contribution in [-0.2, 0) is 13.5 Å². The van der Waals surface area contributed by atoms with Crippen LogP contribution in [0.5, 0.6) is 0 Å². The molecule has 1 aromatic rings. The highest BCUT2D eigenvalue weighted by molar-refractivity contribution is 5.10. The van der Waals surface area contributed by atoms with Gasteiger partial charge in [-0.2, -0.15) is 0 Å². The lowest BCUT2D eigenvalue weighted by molar-refractivity contribution is 0.783. The van der Waals surface area contributed by atoms with Crippen molar-refractivity contribution in [2.24, 2.45) is 12.8 Å². The van der Waals surface area contributed by atoms with Crippen molar-refractivity contribution in [3.63, 3.8) is 0 Å². The van der Waals surface area contributed by atoms with Crippen molar-refractivity contribution in [1.29, 1.82) is 0 Å². The Balaban J connectivity index is 2.85. The van der Waals surface area contributed by atoms with Gasteiger partial charge in [0, 0.05) is 18.8 Å². The first kappa shape index (κ1) is 9.00. The Kier molecular flexibility index (Phi) is 3.05. The zero-order valence-corrected chi connectivity index (χ0v) is 7.29. The van der Waals surface area contributed by atoms with E-state index < -0.39 is 0 Å². The lowest BCUT2D eigenvalue weighted by atomic mass is 10.1. The molecular formula is C9H14N2O. The molecule has 0 bridgehead atoms. The van der Waals surface area contributed by atoms with E-state index in [2.05, 4.69) is 0 Å². The van der Waals surface area contributed by atoms with Crippen LogP contribution in [0.25, 0.3) is 0 Å². The lowest BCUT2D eigenvalue weighted by Crippen LogP contribution is -2.20. The van der Waals surface area contributed by atoms with E-state index in [1.54, 1.807) is 17.8 Å². The molecule has 3 heteroatoms. The predicted octanol–water partition coefficient (Wildman–Crippen LogP) is 0.277. The van der Waals surface area contributed by atoms with E-state index in [-0.39, 0.29) is 5.56 Å². The molecule has 0 spiro atoms. The Labute approximate surface area is 71.8 Å². The van der Waals surface area contributed by atoms with Crippen LogP contribution in [-0.4, -0.2) is 11.1 Å². The highest BCUT2D eigenvalue weighted by Gasteiger charge is 1.98. The Hall–Kier alpha value is -1.09. The first-order valence-corrected chi connectivity index (χ1v) is 4.10. The molecule has 0 atom stereocenters. The van der Waals surface area contributed by atoms with Crippen molar-refractivity contribution >= 4 is 0 Å². The maximum absolute atomic E-state index is 11.4. The Morgan fingerprint density at radius 2 is 2.33 bits per heavy atom. The molecule has 1 rings (SSSR count). The highest BCUT2D eigenvalue weighted by Crippen LogP contribution is 1.94. The van der Waals surface area contributed by atoms with Crippen LogP contribution in [0.1, 0.15) is 12.0 Å². The summed E-state index contributed by atoms with van der Waals surface area (Å²) < 4.78 is 1.59. The second kappa shape index (κ2) is 4.07. The molecule has 1 heterocycles. The number of hydrogen-bond acceptors (Lipinski definition) is 2. The summed E-state index contributed by atoms with van der Waals surface area (Å²) in [5.74, 6) is 0. The molecule has 0 fully saturated rings. The fourth-order valence-corrected chi connectivity index (χ4v) is 1.14. The van der Waals surface area contributed by atoms with Crippen molar-refractivity contribution in [3.8, 4) is 0 Å². The van der Waals surface area contributed by atoms with Crippen molar-refractivity contribution < 1.29 is 0 Å². The molecule has 12 heavy (non-hydrogen) atoms. The number of aryl methyl sites for hydroxylation is 2. The summed E-state index contributed by atoms with van der Waals surface area (Å²) in [7, 11) is 1.76. The summed E-state index contributed by atoms with van der Waals surface area (Å²) in [5, 5.41) is 0. The second-order valence-corrected chi connectivity index (χ2v) is 2.84. The predicted molar refractivity (Wildman–Crippen MR) is 49.1 cm³/mol. The first-order valence-electron chi connectivity index (χ1n) is 4.10. The molecule has 2 N–H and O–H groups in total. The van der Waals surface area contributed by atoms with Crippen LogP contribution in [0.15, 0.2) is 23.1 Å². The van der Waals surface area contributed by atoms with Crippen LogP contribution in [0.2, 0.25) is 0 Å². The van der Waals surface area contributed by atoms with Crippen LogP contribution >= 0.6 is 0 Å². The quantitative estimate of drug-likeness (QED) is 0.701. The molecule has 0 radical (unpaired) electrons. The van der Waals surface area contributed by atoms with Gasteiger partial charge in [-0.25, -0.2) is 0 Å². The third kappa shape index (κ3) is 1.95. The van der Waals surface area contributed by atoms with Crippen molar-refractivity contribution in [2.75, 3.05) is 6.54 Å². The minimum Gasteiger partial charge on any atom is -0.330 e. The molecular weight excluding hydrogens is 152 g/mol. The van der Waals surface area contributed by atoms with Crippen LogP contribution in [0, 0.1) is 0 Å². The molecule has 66 valence electrons. The third-order valence-electron chi connectivity index (χ3n) is 1.85. The highest BCUT2D eigenvalue weighted by atomic mass is 16.1. The van der Waals surface area contributed by atoms with E-state index in [0.717, 1.165) is 18.4 Å². The number of nitrogens with zero attached hydrogens (tertiary/aromatic N) is 1. The number of aromatic nitrogens is 1. The van der Waals surface area contributed by atoms with Crippen molar-refractivity contribution in [3.05, 3.63) is 34.2 Å². The average Bonchev–Trinajstić information content (AvgIpc) is 2.08. The third-order valence-corrected chi connectivity index (χ3v) is 1.85. The summed E-state index contributed by atoms with van der Waals surface area (Å²) in [4.78, 5) is 11.4. The van der Waals surface area contributed by atoms with E-state index >= 15 is 0 Å². The fourth-order valence-electron chi connectivity index (χ4n) is 1.14. The van der Waals surface area contributed by atoms with Gasteiger partial charge in [0.2, 0.25) is 0 Å². The molecule has 0 amide bonds. The SMILES string of the molecule is Cn1cccc(CCCN)c1=O. The van der Waals surface area contributed by atoms with Gasteiger partial charge in [-0.3, -0.25) is 4.79 Å². The maximum Gasteiger partial charge on any atom is 0.253 e. The van der Waals surface area contributed by atoms with E-state index in [1.807, 2.05) is 12.1 Å². The molecule has 0 aromatic carbocycles. The summed E-state index contributed by atoms with van der Waals surface area (Å²) in [6, 6.07) is 3.74. The van der Waals surface area contributed by atoms with E-state index in [1.165, 1.54) is 0 Å². The Morgan fingerprint density at radius 1 is 1.58 bits per heavy atom. The van der Waals surface area contributed by atoms with Crippen LogP contribution in [0.4, 0.5) is 0 Å². The number of nitrogens with two attached hydrogens (primary N) is 1. The molecule has 0 aliphatic rings. The van der Waals surface area contributed by atoms with Gasteiger partial charge >= 0.3 is 0 Å².